The van der Waals surface area contributed by atoms with Gasteiger partial charge in [0, 0.05) is 24.6 Å². The molecular formula is C10H18N8O2. The van der Waals surface area contributed by atoms with Gasteiger partial charge in [0.1, 0.15) is 11.7 Å². The predicted octanol–water partition coefficient (Wildman–Crippen LogP) is -0.523. The number of aryl methyl sites for hydroxylation is 1. The highest BCUT2D eigenvalue weighted by atomic mass is 16.3. The quantitative estimate of drug-likeness (QED) is 0.228. The molecule has 1 unspecified atom stereocenters. The highest BCUT2D eigenvalue weighted by Crippen LogP contribution is 2.08. The van der Waals surface area contributed by atoms with Crippen molar-refractivity contribution in [3.63, 3.8) is 0 Å². The van der Waals surface area contributed by atoms with E-state index in [9.17, 15) is 4.79 Å². The van der Waals surface area contributed by atoms with E-state index < -0.39 is 11.9 Å². The first-order chi connectivity index (χ1) is 9.69. The number of azide groups is 1. The minimum absolute atomic E-state index is 0.0616. The predicted molar refractivity (Wildman–Crippen MR) is 70.3 cm³/mol. The fourth-order valence-corrected chi connectivity index (χ4v) is 1.58. The second-order valence-electron chi connectivity index (χ2n) is 4.08. The molecule has 1 rings (SSSR count). The minimum Gasteiger partial charge on any atom is -0.396 e. The Bertz CT molecular complexity index is 468. The molecular weight excluding hydrogens is 264 g/mol. The summed E-state index contributed by atoms with van der Waals surface area (Å²) in [7, 11) is 0. The van der Waals surface area contributed by atoms with Crippen LogP contribution < -0.4 is 11.1 Å². The van der Waals surface area contributed by atoms with E-state index in [0.29, 0.717) is 38.2 Å². The molecule has 1 heterocycles. The van der Waals surface area contributed by atoms with Crippen LogP contribution in [0.1, 0.15) is 24.6 Å². The fraction of sp³-hybridized carbons (Fsp3) is 0.700. The van der Waals surface area contributed by atoms with E-state index in [1.165, 1.54) is 0 Å². The average molecular weight is 282 g/mol. The van der Waals surface area contributed by atoms with Crippen LogP contribution in [0.3, 0.4) is 0 Å². The molecule has 1 amide bonds. The van der Waals surface area contributed by atoms with Crippen molar-refractivity contribution >= 4 is 5.91 Å². The number of aliphatic hydroxyl groups excluding tert-OH is 1. The van der Waals surface area contributed by atoms with Crippen LogP contribution in [0.25, 0.3) is 10.4 Å². The van der Waals surface area contributed by atoms with Gasteiger partial charge in [-0.05, 0) is 24.9 Å². The van der Waals surface area contributed by atoms with Gasteiger partial charge in [-0.25, -0.2) is 0 Å². The molecule has 10 nitrogen and oxygen atoms in total. The molecule has 4 N–H and O–H groups in total. The Kier molecular flexibility index (Phi) is 7.04. The molecule has 1 aromatic rings. The summed E-state index contributed by atoms with van der Waals surface area (Å²) in [6, 6.07) is -0.732. The maximum absolute atomic E-state index is 11.4. The van der Waals surface area contributed by atoms with Crippen molar-refractivity contribution in [2.24, 2.45) is 10.8 Å². The molecule has 0 radical (unpaired) electrons. The van der Waals surface area contributed by atoms with Gasteiger partial charge in [-0.3, -0.25) is 9.48 Å². The summed E-state index contributed by atoms with van der Waals surface area (Å²) in [6.45, 7) is 1.40. The van der Waals surface area contributed by atoms with Crippen LogP contribution >= 0.6 is 0 Å². The zero-order chi connectivity index (χ0) is 14.8. The van der Waals surface area contributed by atoms with Crippen LogP contribution in [0.2, 0.25) is 0 Å². The van der Waals surface area contributed by atoms with Gasteiger partial charge in [0.15, 0.2) is 0 Å². The van der Waals surface area contributed by atoms with Gasteiger partial charge < -0.3 is 16.2 Å². The third kappa shape index (κ3) is 5.22. The van der Waals surface area contributed by atoms with Crippen LogP contribution in [0.4, 0.5) is 0 Å². The van der Waals surface area contributed by atoms with E-state index in [2.05, 4.69) is 25.7 Å². The largest absolute Gasteiger partial charge is 0.396 e. The number of nitrogens with zero attached hydrogens (tertiary/aromatic N) is 6. The third-order valence-electron chi connectivity index (χ3n) is 2.53. The molecule has 1 atom stereocenters. The number of aliphatic hydroxyl groups is 1. The molecule has 0 aromatic carbocycles. The fourth-order valence-electron chi connectivity index (χ4n) is 1.58. The van der Waals surface area contributed by atoms with Crippen molar-refractivity contribution in [3.05, 3.63) is 22.3 Å². The summed E-state index contributed by atoms with van der Waals surface area (Å²) in [5, 5.41) is 22.8. The first kappa shape index (κ1) is 15.9. The molecule has 0 fully saturated rings. The molecule has 110 valence electrons. The number of primary amides is 1. The first-order valence-corrected chi connectivity index (χ1v) is 6.23. The number of nitrogens with one attached hydrogen (secondary N) is 1. The highest BCUT2D eigenvalue weighted by molar-refractivity contribution is 5.80. The smallest absolute Gasteiger partial charge is 0.240 e. The molecule has 1 aromatic heterocycles. The summed E-state index contributed by atoms with van der Waals surface area (Å²) in [5.74, 6) is -0.553. The molecule has 0 spiro atoms. The molecule has 0 aliphatic carbocycles. The van der Waals surface area contributed by atoms with Gasteiger partial charge in [-0.15, -0.1) is 5.10 Å². The number of hydrogen-bond donors (Lipinski definition) is 3. The molecule has 20 heavy (non-hydrogen) atoms. The maximum Gasteiger partial charge on any atom is 0.240 e. The highest BCUT2D eigenvalue weighted by Gasteiger charge is 2.20. The summed E-state index contributed by atoms with van der Waals surface area (Å²) >= 11 is 0. The van der Waals surface area contributed by atoms with Gasteiger partial charge in [0.25, 0.3) is 0 Å². The molecule has 0 saturated heterocycles. The Hall–Kier alpha value is -2.16. The van der Waals surface area contributed by atoms with Crippen molar-refractivity contribution in [2.75, 3.05) is 19.7 Å². The number of rotatable bonds is 10. The number of nitrogens with two attached hydrogens (primary N) is 1. The summed E-state index contributed by atoms with van der Waals surface area (Å²) in [4.78, 5) is 14.0. The Balaban J connectivity index is 2.54. The van der Waals surface area contributed by atoms with Gasteiger partial charge in [-0.2, -0.15) is 0 Å². The number of aromatic nitrogens is 3. The van der Waals surface area contributed by atoms with Crippen LogP contribution in [-0.2, 0) is 11.3 Å². The molecule has 0 saturated carbocycles. The topological polar surface area (TPSA) is 155 Å². The first-order valence-electron chi connectivity index (χ1n) is 6.23. The van der Waals surface area contributed by atoms with E-state index in [0.717, 1.165) is 0 Å². The van der Waals surface area contributed by atoms with E-state index in [4.69, 9.17) is 16.4 Å². The zero-order valence-electron chi connectivity index (χ0n) is 11.0. The number of carbonyl (C=O) groups is 1. The minimum atomic E-state index is -0.732. The van der Waals surface area contributed by atoms with Crippen LogP contribution in [0.5, 0.6) is 0 Å². The average Bonchev–Trinajstić information content (AvgIpc) is 2.88. The maximum atomic E-state index is 11.4. The normalized spacial score (nSPS) is 11.8. The Morgan fingerprint density at radius 3 is 3.10 bits per heavy atom. The van der Waals surface area contributed by atoms with E-state index >= 15 is 0 Å². The summed E-state index contributed by atoms with van der Waals surface area (Å²) < 4.78 is 1.54. The lowest BCUT2D eigenvalue weighted by Gasteiger charge is -2.11. The summed E-state index contributed by atoms with van der Waals surface area (Å²) in [5.41, 5.74) is 13.9. The van der Waals surface area contributed by atoms with Crippen molar-refractivity contribution in [1.29, 1.82) is 0 Å². The van der Waals surface area contributed by atoms with Crippen molar-refractivity contribution < 1.29 is 9.90 Å². The van der Waals surface area contributed by atoms with Crippen LogP contribution in [-0.4, -0.2) is 45.7 Å². The van der Waals surface area contributed by atoms with E-state index in [1.54, 1.807) is 10.9 Å². The molecule has 0 aliphatic heterocycles. The standard InChI is InChI=1S/C10H18N8O2/c11-10(20)9(13-3-1-4-14-16-12)8-7-18(17-15-8)5-2-6-19/h7,9,13,19H,1-6H2,(H2,11,20). The van der Waals surface area contributed by atoms with Crippen LogP contribution in [0, 0.1) is 0 Å². The van der Waals surface area contributed by atoms with Crippen molar-refractivity contribution in [1.82, 2.24) is 20.3 Å². The van der Waals surface area contributed by atoms with Gasteiger partial charge in [0.05, 0.1) is 6.20 Å². The molecule has 10 heteroatoms. The number of carbonyl (C=O) groups excluding carboxylic acids is 1. The third-order valence-corrected chi connectivity index (χ3v) is 2.53. The second kappa shape index (κ2) is 8.86. The van der Waals surface area contributed by atoms with E-state index in [-0.39, 0.29) is 6.61 Å². The lowest BCUT2D eigenvalue weighted by atomic mass is 10.2. The molecule has 0 aliphatic rings. The number of amides is 1. The van der Waals surface area contributed by atoms with Crippen molar-refractivity contribution in [2.45, 2.75) is 25.4 Å². The van der Waals surface area contributed by atoms with Gasteiger partial charge >= 0.3 is 0 Å². The number of hydrogen-bond acceptors (Lipinski definition) is 6. The van der Waals surface area contributed by atoms with Crippen molar-refractivity contribution in [3.8, 4) is 0 Å². The lowest BCUT2D eigenvalue weighted by Crippen LogP contribution is -2.34. The SMILES string of the molecule is [N-]=[N+]=NCCCNC(C(N)=O)c1cn(CCCO)nn1. The van der Waals surface area contributed by atoms with Crippen LogP contribution in [0.15, 0.2) is 11.3 Å². The second-order valence-corrected chi connectivity index (χ2v) is 4.08. The summed E-state index contributed by atoms with van der Waals surface area (Å²) in [6.07, 6.45) is 2.77. The lowest BCUT2D eigenvalue weighted by molar-refractivity contribution is -0.120. The zero-order valence-corrected chi connectivity index (χ0v) is 11.0. The Morgan fingerprint density at radius 2 is 2.45 bits per heavy atom. The monoisotopic (exact) mass is 282 g/mol. The van der Waals surface area contributed by atoms with Gasteiger partial charge in [0.2, 0.25) is 5.91 Å². The Morgan fingerprint density at radius 1 is 1.65 bits per heavy atom. The van der Waals surface area contributed by atoms with Gasteiger partial charge in [-0.1, -0.05) is 10.3 Å². The van der Waals surface area contributed by atoms with E-state index in [1.807, 2.05) is 0 Å². The molecule has 0 bridgehead atoms. The Labute approximate surface area is 115 Å².